The van der Waals surface area contributed by atoms with Crippen molar-refractivity contribution in [2.75, 3.05) is 13.2 Å². The fourth-order valence-electron chi connectivity index (χ4n) is 11.0. The number of unbranched alkanes of at least 4 members (excludes halogenated alkanes) is 47. The number of nitrogens with one attached hydrogen (secondary N) is 1. The number of allylic oxidation sites excluding steroid dienone is 3. The Morgan fingerprint density at radius 1 is 0.434 bits per heavy atom. The summed E-state index contributed by atoms with van der Waals surface area (Å²) in [5, 5.41) is 54.7. The molecule has 0 aromatic rings. The van der Waals surface area contributed by atoms with Crippen molar-refractivity contribution in [3.8, 4) is 0 Å². The Bertz CT molecular complexity index is 1250. The van der Waals surface area contributed by atoms with Gasteiger partial charge in [0.15, 0.2) is 6.29 Å². The van der Waals surface area contributed by atoms with Gasteiger partial charge in [-0.3, -0.25) is 4.79 Å². The number of amides is 1. The van der Waals surface area contributed by atoms with Crippen LogP contribution >= 0.6 is 0 Å². The van der Waals surface area contributed by atoms with Crippen molar-refractivity contribution in [2.24, 2.45) is 0 Å². The van der Waals surface area contributed by atoms with Crippen molar-refractivity contribution in [2.45, 2.75) is 384 Å². The summed E-state index contributed by atoms with van der Waals surface area (Å²) in [7, 11) is 0. The Labute approximate surface area is 470 Å². The lowest BCUT2D eigenvalue weighted by molar-refractivity contribution is -0.302. The highest BCUT2D eigenvalue weighted by Gasteiger charge is 2.44. The molecule has 7 atom stereocenters. The van der Waals surface area contributed by atoms with Crippen molar-refractivity contribution in [1.29, 1.82) is 0 Å². The van der Waals surface area contributed by atoms with Gasteiger partial charge in [-0.05, 0) is 44.9 Å². The summed E-state index contributed by atoms with van der Waals surface area (Å²) in [5.41, 5.74) is 0. The quantitative estimate of drug-likeness (QED) is 0.0261. The second-order valence-corrected chi connectivity index (χ2v) is 23.6. The zero-order valence-corrected chi connectivity index (χ0v) is 50.3. The smallest absolute Gasteiger partial charge is 0.220 e. The number of hydrogen-bond acceptors (Lipinski definition) is 8. The van der Waals surface area contributed by atoms with Crippen molar-refractivity contribution in [3.63, 3.8) is 0 Å². The minimum absolute atomic E-state index is 0.170. The third-order valence-electron chi connectivity index (χ3n) is 16.3. The molecular formula is C67H129NO8. The SMILES string of the molecule is CCCCCCCCCCCCCC/C=C\CCCCCCCCCCCCCCCCCCC(=O)NC(COC1OC(CO)C(O)C(O)C1O)C(O)/C=C/CCCCCCCCCCCCCCCCCCCCC. The molecule has 0 aromatic carbocycles. The zero-order valence-electron chi connectivity index (χ0n) is 50.3. The van der Waals surface area contributed by atoms with Crippen LogP contribution < -0.4 is 5.32 Å². The Morgan fingerprint density at radius 3 is 1.07 bits per heavy atom. The average molecular weight is 1080 g/mol. The van der Waals surface area contributed by atoms with E-state index in [1.165, 1.54) is 283 Å². The number of aliphatic hydroxyl groups is 5. The van der Waals surface area contributed by atoms with E-state index in [0.29, 0.717) is 6.42 Å². The molecule has 0 aromatic heterocycles. The van der Waals surface area contributed by atoms with Crippen LogP contribution in [0.1, 0.15) is 341 Å². The molecule has 1 aliphatic rings. The summed E-state index contributed by atoms with van der Waals surface area (Å²) < 4.78 is 11.3. The monoisotopic (exact) mass is 1080 g/mol. The first-order valence-electron chi connectivity index (χ1n) is 33.6. The van der Waals surface area contributed by atoms with Crippen molar-refractivity contribution >= 4 is 5.91 Å². The van der Waals surface area contributed by atoms with E-state index in [1.54, 1.807) is 6.08 Å². The Hall–Kier alpha value is -1.33. The van der Waals surface area contributed by atoms with E-state index in [0.717, 1.165) is 38.5 Å². The minimum Gasteiger partial charge on any atom is -0.394 e. The summed E-state index contributed by atoms with van der Waals surface area (Å²) in [6.45, 7) is 3.83. The molecule has 9 heteroatoms. The Kier molecular flexibility index (Phi) is 54.4. The van der Waals surface area contributed by atoms with Crippen molar-refractivity contribution < 1.29 is 39.8 Å². The lowest BCUT2D eigenvalue weighted by Gasteiger charge is -2.40. The van der Waals surface area contributed by atoms with Crippen LogP contribution in [0.4, 0.5) is 0 Å². The molecular weight excluding hydrogens is 947 g/mol. The van der Waals surface area contributed by atoms with E-state index in [-0.39, 0.29) is 12.5 Å². The molecule has 1 amide bonds. The second-order valence-electron chi connectivity index (χ2n) is 23.6. The summed E-state index contributed by atoms with van der Waals surface area (Å²) in [5.74, 6) is -0.170. The maximum Gasteiger partial charge on any atom is 0.220 e. The number of carbonyl (C=O) groups excluding carboxylic acids is 1. The average Bonchev–Trinajstić information content (AvgIpc) is 3.42. The van der Waals surface area contributed by atoms with Gasteiger partial charge in [0.1, 0.15) is 24.4 Å². The molecule has 450 valence electrons. The minimum atomic E-state index is -1.57. The van der Waals surface area contributed by atoms with Gasteiger partial charge in [-0.2, -0.15) is 0 Å². The Balaban J connectivity index is 2.12. The van der Waals surface area contributed by atoms with Gasteiger partial charge in [0, 0.05) is 6.42 Å². The van der Waals surface area contributed by atoms with Crippen molar-refractivity contribution in [3.05, 3.63) is 24.3 Å². The van der Waals surface area contributed by atoms with Gasteiger partial charge in [0.05, 0.1) is 25.4 Å². The molecule has 1 heterocycles. The predicted octanol–water partition coefficient (Wildman–Crippen LogP) is 17.7. The number of carbonyl (C=O) groups is 1. The van der Waals surface area contributed by atoms with Crippen LogP contribution in [0.2, 0.25) is 0 Å². The van der Waals surface area contributed by atoms with Gasteiger partial charge in [0.2, 0.25) is 5.91 Å². The first-order chi connectivity index (χ1) is 37.3. The highest BCUT2D eigenvalue weighted by atomic mass is 16.7. The molecule has 1 aliphatic heterocycles. The van der Waals surface area contributed by atoms with E-state index < -0.39 is 49.5 Å². The number of ether oxygens (including phenoxy) is 2. The molecule has 1 fully saturated rings. The standard InChI is InChI=1S/C67H129NO8/c1-3-5-7-9-11-13-15-17-19-21-23-25-26-27-28-29-30-31-32-33-34-35-37-39-41-43-45-47-49-51-53-55-57-63(71)68-60(59-75-67-66(74)65(73)64(72)62(58-69)76-67)61(70)56-54-52-50-48-46-44-42-40-38-36-24-22-20-18-16-14-12-10-8-6-4-2/h27-28,54,56,60-62,64-67,69-70,72-74H,3-26,29-53,55,57-59H2,1-2H3,(H,68,71)/b28-27-,56-54+. The molecule has 6 N–H and O–H groups in total. The number of aliphatic hydroxyl groups excluding tert-OH is 5. The molecule has 0 radical (unpaired) electrons. The normalized spacial score (nSPS) is 18.9. The van der Waals surface area contributed by atoms with Crippen LogP contribution in [0.25, 0.3) is 0 Å². The van der Waals surface area contributed by atoms with Gasteiger partial charge in [-0.15, -0.1) is 0 Å². The van der Waals surface area contributed by atoms with Crippen molar-refractivity contribution in [1.82, 2.24) is 5.32 Å². The lowest BCUT2D eigenvalue weighted by atomic mass is 9.99. The topological polar surface area (TPSA) is 149 Å². The summed E-state index contributed by atoms with van der Waals surface area (Å²) in [4.78, 5) is 13.1. The first-order valence-corrected chi connectivity index (χ1v) is 33.6. The molecule has 1 rings (SSSR count). The molecule has 0 bridgehead atoms. The van der Waals surface area contributed by atoms with Crippen LogP contribution in [0, 0.1) is 0 Å². The summed E-state index contributed by atoms with van der Waals surface area (Å²) in [6, 6.07) is -0.803. The van der Waals surface area contributed by atoms with E-state index >= 15 is 0 Å². The molecule has 9 nitrogen and oxygen atoms in total. The second kappa shape index (κ2) is 56.9. The summed E-state index contributed by atoms with van der Waals surface area (Å²) in [6.07, 6.45) is 67.0. The zero-order chi connectivity index (χ0) is 55.0. The van der Waals surface area contributed by atoms with E-state index in [1.807, 2.05) is 6.08 Å². The van der Waals surface area contributed by atoms with E-state index in [9.17, 15) is 30.3 Å². The fraction of sp³-hybridized carbons (Fsp3) is 0.925. The first kappa shape index (κ1) is 72.7. The van der Waals surface area contributed by atoms with Crippen LogP contribution in [-0.4, -0.2) is 87.5 Å². The van der Waals surface area contributed by atoms with Gasteiger partial charge in [0.25, 0.3) is 0 Å². The van der Waals surface area contributed by atoms with Gasteiger partial charge >= 0.3 is 0 Å². The third kappa shape index (κ3) is 45.4. The molecule has 0 aliphatic carbocycles. The maximum absolute atomic E-state index is 13.1. The van der Waals surface area contributed by atoms with Crippen LogP contribution in [-0.2, 0) is 14.3 Å². The van der Waals surface area contributed by atoms with E-state index in [4.69, 9.17) is 9.47 Å². The largest absolute Gasteiger partial charge is 0.394 e. The highest BCUT2D eigenvalue weighted by molar-refractivity contribution is 5.76. The molecule has 0 saturated carbocycles. The molecule has 76 heavy (non-hydrogen) atoms. The van der Waals surface area contributed by atoms with Gasteiger partial charge in [-0.1, -0.05) is 314 Å². The van der Waals surface area contributed by atoms with Gasteiger partial charge in [-0.25, -0.2) is 0 Å². The fourth-order valence-corrected chi connectivity index (χ4v) is 11.0. The number of hydrogen-bond donors (Lipinski definition) is 6. The third-order valence-corrected chi connectivity index (χ3v) is 16.3. The molecule has 7 unspecified atom stereocenters. The summed E-state index contributed by atoms with van der Waals surface area (Å²) >= 11 is 0. The van der Waals surface area contributed by atoms with Gasteiger partial charge < -0.3 is 40.3 Å². The van der Waals surface area contributed by atoms with Crippen LogP contribution in [0.15, 0.2) is 24.3 Å². The predicted molar refractivity (Wildman–Crippen MR) is 323 cm³/mol. The number of rotatable bonds is 59. The van der Waals surface area contributed by atoms with E-state index in [2.05, 4.69) is 31.3 Å². The Morgan fingerprint density at radius 2 is 0.737 bits per heavy atom. The molecule has 0 spiro atoms. The van der Waals surface area contributed by atoms with Crippen LogP contribution in [0.5, 0.6) is 0 Å². The van der Waals surface area contributed by atoms with Crippen LogP contribution in [0.3, 0.4) is 0 Å². The molecule has 1 saturated heterocycles. The highest BCUT2D eigenvalue weighted by Crippen LogP contribution is 2.23. The lowest BCUT2D eigenvalue weighted by Crippen LogP contribution is -2.60. The maximum atomic E-state index is 13.1.